The minimum Gasteiger partial charge on any atom is -0.487 e. The zero-order chi connectivity index (χ0) is 20.4. The number of esters is 1. The molecular weight excluding hydrogens is 588 g/mol. The molecule has 0 aromatic heterocycles. The van der Waals surface area contributed by atoms with E-state index in [-0.39, 0.29) is 17.2 Å². The molecule has 1 aromatic carbocycles. The highest BCUT2D eigenvalue weighted by atomic mass is 127. The fraction of sp³-hybridized carbons (Fsp3) is 0.300. The summed E-state index contributed by atoms with van der Waals surface area (Å²) in [5.41, 5.74) is 7.50. The lowest BCUT2D eigenvalue weighted by Gasteiger charge is -2.32. The van der Waals surface area contributed by atoms with E-state index in [0.717, 1.165) is 18.5 Å². The van der Waals surface area contributed by atoms with Gasteiger partial charge >= 0.3 is 5.97 Å². The molecule has 0 saturated carbocycles. The summed E-state index contributed by atoms with van der Waals surface area (Å²) < 4.78 is 18.1. The second-order valence-electron chi connectivity index (χ2n) is 6.33. The van der Waals surface area contributed by atoms with E-state index in [9.17, 15) is 9.59 Å². The maximum Gasteiger partial charge on any atom is 0.340 e. The van der Waals surface area contributed by atoms with E-state index in [2.05, 4.69) is 51.8 Å². The minimum absolute atomic E-state index is 0.0118. The largest absolute Gasteiger partial charge is 0.487 e. The number of rotatable bonds is 5. The summed E-state index contributed by atoms with van der Waals surface area (Å²) >= 11 is 4.36. The van der Waals surface area contributed by atoms with Crippen LogP contribution in [0.1, 0.15) is 30.7 Å². The number of carbonyl (C=O) groups excluding carboxylic acids is 2. The molecule has 0 unspecified atom stereocenters. The number of allylic oxidation sites excluding steroid dienone is 2. The van der Waals surface area contributed by atoms with Crippen molar-refractivity contribution in [2.24, 2.45) is 5.73 Å². The molecule has 1 aliphatic heterocycles. The molecule has 0 spiro atoms. The molecule has 2 aliphatic rings. The lowest BCUT2D eigenvalue weighted by atomic mass is 9.77. The monoisotopic (exact) mass is 607 g/mol. The van der Waals surface area contributed by atoms with E-state index in [4.69, 9.17) is 19.9 Å². The fourth-order valence-corrected chi connectivity index (χ4v) is 5.55. The van der Waals surface area contributed by atoms with Crippen LogP contribution in [0.4, 0.5) is 0 Å². The Bertz CT molecular complexity index is 896. The zero-order valence-corrected chi connectivity index (χ0v) is 19.5. The molecule has 0 amide bonds. The van der Waals surface area contributed by atoms with Crippen LogP contribution in [0, 0.1) is 7.14 Å². The lowest BCUT2D eigenvalue weighted by molar-refractivity contribution is -0.136. The third-order valence-electron chi connectivity index (χ3n) is 4.59. The van der Waals surface area contributed by atoms with E-state index in [1.165, 1.54) is 7.11 Å². The van der Waals surface area contributed by atoms with Crippen molar-refractivity contribution in [2.75, 3.05) is 13.7 Å². The Morgan fingerprint density at radius 2 is 2.04 bits per heavy atom. The number of hydrogen-bond donors (Lipinski definition) is 1. The Kier molecular flexibility index (Phi) is 6.69. The van der Waals surface area contributed by atoms with Crippen LogP contribution in [0.25, 0.3) is 0 Å². The van der Waals surface area contributed by atoms with Crippen LogP contribution in [-0.2, 0) is 19.1 Å². The Labute approximate surface area is 190 Å². The molecule has 28 heavy (non-hydrogen) atoms. The molecule has 148 valence electrons. The molecule has 0 radical (unpaired) electrons. The second-order valence-corrected chi connectivity index (χ2v) is 8.66. The first-order valence-corrected chi connectivity index (χ1v) is 10.8. The predicted octanol–water partition coefficient (Wildman–Crippen LogP) is 3.92. The number of Topliss-reactive ketones (excluding diaryl/α,β-unsaturated/α-hetero) is 1. The molecule has 1 heterocycles. The quantitative estimate of drug-likeness (QED) is 0.311. The minimum atomic E-state index is -0.625. The number of carbonyl (C=O) groups is 2. The molecule has 1 aromatic rings. The molecule has 1 aliphatic carbocycles. The highest BCUT2D eigenvalue weighted by molar-refractivity contribution is 14.1. The number of benzene rings is 1. The van der Waals surface area contributed by atoms with Gasteiger partial charge in [-0.15, -0.1) is 0 Å². The smallest absolute Gasteiger partial charge is 0.340 e. The number of nitrogens with two attached hydrogens (primary N) is 1. The van der Waals surface area contributed by atoms with Crippen LogP contribution in [0.15, 0.2) is 47.6 Å². The van der Waals surface area contributed by atoms with E-state index in [1.807, 2.05) is 12.1 Å². The molecular formula is C20H19I2NO5. The van der Waals surface area contributed by atoms with Gasteiger partial charge in [-0.2, -0.15) is 0 Å². The lowest BCUT2D eigenvalue weighted by Crippen LogP contribution is -2.31. The van der Waals surface area contributed by atoms with Crippen LogP contribution >= 0.6 is 45.2 Å². The zero-order valence-electron chi connectivity index (χ0n) is 15.2. The Hall–Kier alpha value is -1.56. The first-order valence-electron chi connectivity index (χ1n) is 8.63. The number of ketones is 1. The van der Waals surface area contributed by atoms with Crippen molar-refractivity contribution < 1.29 is 23.8 Å². The highest BCUT2D eigenvalue weighted by Crippen LogP contribution is 2.45. The van der Waals surface area contributed by atoms with Crippen molar-refractivity contribution in [3.63, 3.8) is 0 Å². The summed E-state index contributed by atoms with van der Waals surface area (Å²) in [6.45, 7) is 4.05. The van der Waals surface area contributed by atoms with Gasteiger partial charge in [0.2, 0.25) is 5.88 Å². The van der Waals surface area contributed by atoms with E-state index in [0.29, 0.717) is 37.2 Å². The maximum atomic E-state index is 12.8. The molecule has 2 N–H and O–H groups in total. The number of ether oxygens (including phenoxy) is 3. The number of hydrogen-bond acceptors (Lipinski definition) is 6. The van der Waals surface area contributed by atoms with Gasteiger partial charge in [-0.05, 0) is 69.3 Å². The maximum absolute atomic E-state index is 12.8. The van der Waals surface area contributed by atoms with Crippen LogP contribution in [0.5, 0.6) is 5.75 Å². The Morgan fingerprint density at radius 3 is 2.64 bits per heavy atom. The van der Waals surface area contributed by atoms with Crippen LogP contribution in [0.2, 0.25) is 0 Å². The van der Waals surface area contributed by atoms with Crippen molar-refractivity contribution in [1.29, 1.82) is 0 Å². The summed E-state index contributed by atoms with van der Waals surface area (Å²) in [5, 5.41) is 0. The SMILES string of the molecule is C=CCOc1c(I)cc([C@H]2C(C(=O)OC)=C(N)OC3=C2C(=O)CCC3)cc1I. The number of methoxy groups -OCH3 is 1. The van der Waals surface area contributed by atoms with Gasteiger partial charge in [-0.3, -0.25) is 4.79 Å². The summed E-state index contributed by atoms with van der Waals surface area (Å²) in [6.07, 6.45) is 3.41. The molecule has 6 nitrogen and oxygen atoms in total. The van der Waals surface area contributed by atoms with Crippen molar-refractivity contribution in [3.05, 3.63) is 60.3 Å². The van der Waals surface area contributed by atoms with Gasteiger partial charge in [0, 0.05) is 18.4 Å². The van der Waals surface area contributed by atoms with Crippen LogP contribution in [-0.4, -0.2) is 25.5 Å². The fourth-order valence-electron chi connectivity index (χ4n) is 3.42. The third kappa shape index (κ3) is 3.93. The summed E-state index contributed by atoms with van der Waals surface area (Å²) in [7, 11) is 1.28. The summed E-state index contributed by atoms with van der Waals surface area (Å²) in [4.78, 5) is 25.3. The van der Waals surface area contributed by atoms with Crippen molar-refractivity contribution in [2.45, 2.75) is 25.2 Å². The number of halogens is 2. The van der Waals surface area contributed by atoms with Crippen molar-refractivity contribution >= 4 is 56.9 Å². The molecule has 8 heteroatoms. The molecule has 3 rings (SSSR count). The van der Waals surface area contributed by atoms with Gasteiger partial charge in [0.1, 0.15) is 23.7 Å². The predicted molar refractivity (Wildman–Crippen MR) is 121 cm³/mol. The van der Waals surface area contributed by atoms with E-state index < -0.39 is 11.9 Å². The van der Waals surface area contributed by atoms with Gasteiger partial charge in [0.05, 0.1) is 20.2 Å². The first-order chi connectivity index (χ1) is 13.4. The summed E-state index contributed by atoms with van der Waals surface area (Å²) in [6, 6.07) is 3.81. The Morgan fingerprint density at radius 1 is 1.36 bits per heavy atom. The second kappa shape index (κ2) is 8.85. The molecule has 0 saturated heterocycles. The molecule has 1 atom stereocenters. The van der Waals surface area contributed by atoms with E-state index in [1.54, 1.807) is 6.08 Å². The van der Waals surface area contributed by atoms with Crippen LogP contribution in [0.3, 0.4) is 0 Å². The normalized spacial score (nSPS) is 19.1. The summed E-state index contributed by atoms with van der Waals surface area (Å²) in [5.74, 6) is 0.00409. The molecule has 0 bridgehead atoms. The standard InChI is InChI=1S/C20H19I2NO5/c1-3-7-27-18-11(21)8-10(9-12(18)22)15-16-13(24)5-4-6-14(16)28-19(23)17(15)20(25)26-2/h3,8-9,15H,1,4-7,23H2,2H3/t15-/m1/s1. The topological polar surface area (TPSA) is 87.8 Å². The first kappa shape index (κ1) is 21.2. The van der Waals surface area contributed by atoms with Gasteiger partial charge in [-0.1, -0.05) is 12.7 Å². The van der Waals surface area contributed by atoms with Crippen LogP contribution < -0.4 is 10.5 Å². The van der Waals surface area contributed by atoms with Gasteiger partial charge in [0.25, 0.3) is 0 Å². The van der Waals surface area contributed by atoms with Crippen molar-refractivity contribution in [1.82, 2.24) is 0 Å². The van der Waals surface area contributed by atoms with Gasteiger partial charge in [-0.25, -0.2) is 4.79 Å². The van der Waals surface area contributed by atoms with E-state index >= 15 is 0 Å². The van der Waals surface area contributed by atoms with Crippen molar-refractivity contribution in [3.8, 4) is 5.75 Å². The molecule has 0 fully saturated rings. The average Bonchev–Trinajstić information content (AvgIpc) is 2.65. The van der Waals surface area contributed by atoms with Gasteiger partial charge < -0.3 is 19.9 Å². The Balaban J connectivity index is 2.17. The third-order valence-corrected chi connectivity index (χ3v) is 6.19. The van der Waals surface area contributed by atoms with Gasteiger partial charge in [0.15, 0.2) is 5.78 Å². The highest BCUT2D eigenvalue weighted by Gasteiger charge is 2.41. The average molecular weight is 607 g/mol.